The monoisotopic (exact) mass is 369 g/mol. The summed E-state index contributed by atoms with van der Waals surface area (Å²) in [4.78, 5) is 17.0. The first-order chi connectivity index (χ1) is 13.0. The number of piperazine rings is 1. The molecule has 27 heavy (non-hydrogen) atoms. The molecule has 0 aliphatic carbocycles. The average Bonchev–Trinajstić information content (AvgIpc) is 2.67. The zero-order valence-corrected chi connectivity index (χ0v) is 16.2. The first-order valence-electron chi connectivity index (χ1n) is 9.61. The minimum atomic E-state index is -0.339. The highest BCUT2D eigenvalue weighted by Crippen LogP contribution is 2.17. The molecule has 1 aliphatic heterocycles. The van der Waals surface area contributed by atoms with E-state index in [9.17, 15) is 9.18 Å². The second-order valence-corrected chi connectivity index (χ2v) is 7.24. The number of aryl methyl sites for hydroxylation is 2. The van der Waals surface area contributed by atoms with E-state index < -0.39 is 0 Å². The third-order valence-electron chi connectivity index (χ3n) is 5.11. The smallest absolute Gasteiger partial charge is 0.251 e. The van der Waals surface area contributed by atoms with Gasteiger partial charge in [-0.2, -0.15) is 0 Å². The lowest BCUT2D eigenvalue weighted by atomic mass is 10.1. The predicted molar refractivity (Wildman–Crippen MR) is 108 cm³/mol. The molecular formula is C22H28FN3O. The molecule has 3 rings (SSSR count). The Morgan fingerprint density at radius 1 is 1.07 bits per heavy atom. The van der Waals surface area contributed by atoms with Crippen molar-refractivity contribution in [1.29, 1.82) is 0 Å². The van der Waals surface area contributed by atoms with Gasteiger partial charge < -0.3 is 10.2 Å². The topological polar surface area (TPSA) is 35.6 Å². The summed E-state index contributed by atoms with van der Waals surface area (Å²) in [5.41, 5.74) is 3.52. The Morgan fingerprint density at radius 3 is 2.56 bits per heavy atom. The van der Waals surface area contributed by atoms with E-state index in [1.165, 1.54) is 17.3 Å². The summed E-state index contributed by atoms with van der Waals surface area (Å²) in [6.45, 7) is 9.50. The van der Waals surface area contributed by atoms with Crippen LogP contribution in [0.1, 0.15) is 27.9 Å². The van der Waals surface area contributed by atoms with Crippen LogP contribution in [-0.4, -0.2) is 50.1 Å². The van der Waals surface area contributed by atoms with Crippen LogP contribution in [0.2, 0.25) is 0 Å². The van der Waals surface area contributed by atoms with Crippen molar-refractivity contribution in [3.8, 4) is 0 Å². The normalized spacial score (nSPS) is 15.0. The molecule has 1 fully saturated rings. The van der Waals surface area contributed by atoms with Crippen molar-refractivity contribution in [2.24, 2.45) is 0 Å². The molecule has 1 aliphatic rings. The largest absolute Gasteiger partial charge is 0.369 e. The number of halogens is 1. The SMILES string of the molecule is Cc1cccc(N2CCN(CCCNC(=O)c3ccc(C)c(F)c3)CC2)c1. The number of nitrogens with zero attached hydrogens (tertiary/aromatic N) is 2. The lowest BCUT2D eigenvalue weighted by Crippen LogP contribution is -2.47. The van der Waals surface area contributed by atoms with Gasteiger partial charge in [0, 0.05) is 44.0 Å². The maximum atomic E-state index is 13.6. The third-order valence-corrected chi connectivity index (χ3v) is 5.11. The summed E-state index contributed by atoms with van der Waals surface area (Å²) in [5, 5.41) is 2.88. The maximum absolute atomic E-state index is 13.6. The lowest BCUT2D eigenvalue weighted by Gasteiger charge is -2.36. The number of benzene rings is 2. The van der Waals surface area contributed by atoms with Gasteiger partial charge in [-0.1, -0.05) is 18.2 Å². The first kappa shape index (κ1) is 19.4. The van der Waals surface area contributed by atoms with Crippen LogP contribution in [0, 0.1) is 19.7 Å². The number of carbonyl (C=O) groups is 1. The van der Waals surface area contributed by atoms with Crippen molar-refractivity contribution in [2.45, 2.75) is 20.3 Å². The molecule has 0 atom stereocenters. The summed E-state index contributed by atoms with van der Waals surface area (Å²) >= 11 is 0. The van der Waals surface area contributed by atoms with Gasteiger partial charge in [-0.05, 0) is 62.2 Å². The summed E-state index contributed by atoms with van der Waals surface area (Å²) in [6.07, 6.45) is 0.893. The molecule has 1 heterocycles. The van der Waals surface area contributed by atoms with Gasteiger partial charge >= 0.3 is 0 Å². The number of nitrogens with one attached hydrogen (secondary N) is 1. The predicted octanol–water partition coefficient (Wildman–Crippen LogP) is 3.38. The molecule has 2 aromatic carbocycles. The highest BCUT2D eigenvalue weighted by atomic mass is 19.1. The number of anilines is 1. The third kappa shape index (κ3) is 5.30. The van der Waals surface area contributed by atoms with Gasteiger partial charge in [0.05, 0.1) is 0 Å². The van der Waals surface area contributed by atoms with Crippen molar-refractivity contribution in [3.63, 3.8) is 0 Å². The van der Waals surface area contributed by atoms with E-state index in [0.717, 1.165) is 39.1 Å². The summed E-state index contributed by atoms with van der Waals surface area (Å²) in [6, 6.07) is 13.2. The summed E-state index contributed by atoms with van der Waals surface area (Å²) < 4.78 is 13.6. The number of rotatable bonds is 6. The van der Waals surface area contributed by atoms with Crippen LogP contribution in [0.5, 0.6) is 0 Å². The molecule has 1 N–H and O–H groups in total. The Hall–Kier alpha value is -2.40. The van der Waals surface area contributed by atoms with Gasteiger partial charge in [0.25, 0.3) is 5.91 Å². The number of hydrogen-bond acceptors (Lipinski definition) is 3. The summed E-state index contributed by atoms with van der Waals surface area (Å²) in [7, 11) is 0. The number of amides is 1. The minimum absolute atomic E-state index is 0.210. The zero-order valence-electron chi connectivity index (χ0n) is 16.2. The molecule has 0 saturated carbocycles. The molecule has 0 bridgehead atoms. The molecule has 2 aromatic rings. The Labute approximate surface area is 161 Å². The Morgan fingerprint density at radius 2 is 1.85 bits per heavy atom. The van der Waals surface area contributed by atoms with Crippen molar-refractivity contribution < 1.29 is 9.18 Å². The Balaban J connectivity index is 1.37. The van der Waals surface area contributed by atoms with E-state index in [0.29, 0.717) is 17.7 Å². The van der Waals surface area contributed by atoms with E-state index in [-0.39, 0.29) is 11.7 Å². The molecule has 0 unspecified atom stereocenters. The second kappa shape index (κ2) is 9.00. The molecule has 0 spiro atoms. The van der Waals surface area contributed by atoms with Crippen LogP contribution < -0.4 is 10.2 Å². The highest BCUT2D eigenvalue weighted by Gasteiger charge is 2.17. The zero-order chi connectivity index (χ0) is 19.2. The fraction of sp³-hybridized carbons (Fsp3) is 0.409. The molecule has 0 aromatic heterocycles. The van der Waals surface area contributed by atoms with Gasteiger partial charge in [-0.25, -0.2) is 4.39 Å². The second-order valence-electron chi connectivity index (χ2n) is 7.24. The van der Waals surface area contributed by atoms with Crippen LogP contribution >= 0.6 is 0 Å². The molecule has 1 saturated heterocycles. The van der Waals surface area contributed by atoms with Crippen LogP contribution in [0.25, 0.3) is 0 Å². The van der Waals surface area contributed by atoms with Gasteiger partial charge in [-0.15, -0.1) is 0 Å². The fourth-order valence-corrected chi connectivity index (χ4v) is 3.40. The Bertz CT molecular complexity index is 785. The molecule has 5 heteroatoms. The summed E-state index contributed by atoms with van der Waals surface area (Å²) in [5.74, 6) is -0.549. The van der Waals surface area contributed by atoms with Gasteiger partial charge in [0.2, 0.25) is 0 Å². The van der Waals surface area contributed by atoms with E-state index in [4.69, 9.17) is 0 Å². The minimum Gasteiger partial charge on any atom is -0.369 e. The van der Waals surface area contributed by atoms with Crippen LogP contribution in [0.3, 0.4) is 0 Å². The first-order valence-corrected chi connectivity index (χ1v) is 9.61. The van der Waals surface area contributed by atoms with Gasteiger partial charge in [-0.3, -0.25) is 9.69 Å². The lowest BCUT2D eigenvalue weighted by molar-refractivity contribution is 0.0951. The van der Waals surface area contributed by atoms with E-state index in [1.807, 2.05) is 0 Å². The molecule has 1 amide bonds. The fourth-order valence-electron chi connectivity index (χ4n) is 3.40. The maximum Gasteiger partial charge on any atom is 0.251 e. The standard InChI is InChI=1S/C22H28FN3O/c1-17-5-3-6-20(15-17)26-13-11-25(12-14-26)10-4-9-24-22(27)19-8-7-18(2)21(23)16-19/h3,5-8,15-16H,4,9-14H2,1-2H3,(H,24,27). The van der Waals surface area contributed by atoms with Crippen molar-refractivity contribution in [2.75, 3.05) is 44.2 Å². The average molecular weight is 369 g/mol. The molecule has 4 nitrogen and oxygen atoms in total. The van der Waals surface area contributed by atoms with E-state index >= 15 is 0 Å². The van der Waals surface area contributed by atoms with E-state index in [2.05, 4.69) is 46.3 Å². The van der Waals surface area contributed by atoms with Crippen molar-refractivity contribution in [1.82, 2.24) is 10.2 Å². The van der Waals surface area contributed by atoms with Crippen LogP contribution in [0.15, 0.2) is 42.5 Å². The molecule has 144 valence electrons. The Kier molecular flexibility index (Phi) is 6.45. The number of hydrogen-bond donors (Lipinski definition) is 1. The van der Waals surface area contributed by atoms with Crippen LogP contribution in [-0.2, 0) is 0 Å². The van der Waals surface area contributed by atoms with Crippen molar-refractivity contribution in [3.05, 3.63) is 65.0 Å². The molecule has 0 radical (unpaired) electrons. The quantitative estimate of drug-likeness (QED) is 0.793. The van der Waals surface area contributed by atoms with Crippen molar-refractivity contribution >= 4 is 11.6 Å². The molecular weight excluding hydrogens is 341 g/mol. The highest BCUT2D eigenvalue weighted by molar-refractivity contribution is 5.94. The number of carbonyl (C=O) groups excluding carboxylic acids is 1. The van der Waals surface area contributed by atoms with Gasteiger partial charge in [0.1, 0.15) is 5.82 Å². The van der Waals surface area contributed by atoms with E-state index in [1.54, 1.807) is 19.1 Å². The van der Waals surface area contributed by atoms with Crippen LogP contribution in [0.4, 0.5) is 10.1 Å². The van der Waals surface area contributed by atoms with Gasteiger partial charge in [0.15, 0.2) is 0 Å².